The van der Waals surface area contributed by atoms with Gasteiger partial charge < -0.3 is 18.9 Å². The van der Waals surface area contributed by atoms with Crippen molar-refractivity contribution in [2.75, 3.05) is 32.9 Å². The van der Waals surface area contributed by atoms with Crippen LogP contribution in [0.5, 0.6) is 5.75 Å². The van der Waals surface area contributed by atoms with Crippen LogP contribution < -0.4 is 4.74 Å². The molecule has 1 atom stereocenters. The summed E-state index contributed by atoms with van der Waals surface area (Å²) in [6.45, 7) is 4.10. The van der Waals surface area contributed by atoms with Gasteiger partial charge >= 0.3 is 0 Å². The molecule has 1 unspecified atom stereocenters. The molecule has 1 fully saturated rings. The molecule has 1 aliphatic rings. The van der Waals surface area contributed by atoms with Gasteiger partial charge in [0.05, 0.1) is 12.5 Å². The Labute approximate surface area is 151 Å². The molecule has 3 rings (SSSR count). The number of nitrogens with zero attached hydrogens (tertiary/aromatic N) is 3. The first-order chi connectivity index (χ1) is 12.7. The molecule has 140 valence electrons. The molecule has 0 saturated carbocycles. The normalized spacial score (nSPS) is 16.8. The number of halogens is 1. The minimum Gasteiger partial charge on any atom is -0.493 e. The predicted octanol–water partition coefficient (Wildman–Crippen LogP) is 2.18. The van der Waals surface area contributed by atoms with Crippen LogP contribution in [-0.4, -0.2) is 53.9 Å². The summed E-state index contributed by atoms with van der Waals surface area (Å²) in [4.78, 5) is 18.1. The fraction of sp³-hybridized carbons (Fsp3) is 0.500. The van der Waals surface area contributed by atoms with Crippen molar-refractivity contribution in [3.63, 3.8) is 0 Å². The number of carbonyl (C=O) groups excluding carboxylic acids is 1. The van der Waals surface area contributed by atoms with Crippen LogP contribution in [0.1, 0.15) is 31.0 Å². The molecule has 26 heavy (non-hydrogen) atoms. The Hall–Kier alpha value is -2.48. The van der Waals surface area contributed by atoms with Gasteiger partial charge in [-0.1, -0.05) is 5.16 Å². The van der Waals surface area contributed by atoms with E-state index in [9.17, 15) is 9.18 Å². The highest BCUT2D eigenvalue weighted by Crippen LogP contribution is 2.26. The van der Waals surface area contributed by atoms with Crippen LogP contribution in [0, 0.1) is 5.82 Å². The third-order valence-electron chi connectivity index (χ3n) is 4.21. The average molecular weight is 363 g/mol. The maximum absolute atomic E-state index is 12.8. The van der Waals surface area contributed by atoms with E-state index >= 15 is 0 Å². The van der Waals surface area contributed by atoms with Crippen LogP contribution in [0.3, 0.4) is 0 Å². The molecule has 8 heteroatoms. The zero-order valence-corrected chi connectivity index (χ0v) is 14.7. The molecule has 0 radical (unpaired) electrons. The third kappa shape index (κ3) is 4.78. The van der Waals surface area contributed by atoms with Crippen LogP contribution in [0.15, 0.2) is 28.8 Å². The monoisotopic (exact) mass is 363 g/mol. The Morgan fingerprint density at radius 1 is 1.38 bits per heavy atom. The summed E-state index contributed by atoms with van der Waals surface area (Å²) in [5.41, 5.74) is 0. The van der Waals surface area contributed by atoms with Gasteiger partial charge in [-0.25, -0.2) is 4.39 Å². The SMILES string of the molecule is CCOCC(=O)N1CCC(c2nc(CCOc3ccc(F)cc3)no2)C1. The quantitative estimate of drug-likeness (QED) is 0.715. The third-order valence-corrected chi connectivity index (χ3v) is 4.21. The van der Waals surface area contributed by atoms with Crippen molar-refractivity contribution in [3.8, 4) is 5.75 Å². The summed E-state index contributed by atoms with van der Waals surface area (Å²) in [7, 11) is 0. The molecular formula is C18H22FN3O4. The Morgan fingerprint density at radius 2 is 2.19 bits per heavy atom. The Kier molecular flexibility index (Phi) is 6.17. The van der Waals surface area contributed by atoms with Crippen LogP contribution >= 0.6 is 0 Å². The van der Waals surface area contributed by atoms with E-state index < -0.39 is 0 Å². The lowest BCUT2D eigenvalue weighted by molar-refractivity contribution is -0.134. The lowest BCUT2D eigenvalue weighted by Gasteiger charge is -2.15. The van der Waals surface area contributed by atoms with E-state index in [0.717, 1.165) is 6.42 Å². The van der Waals surface area contributed by atoms with Gasteiger partial charge in [0.15, 0.2) is 5.82 Å². The first-order valence-electron chi connectivity index (χ1n) is 8.72. The predicted molar refractivity (Wildman–Crippen MR) is 90.3 cm³/mol. The van der Waals surface area contributed by atoms with E-state index in [1.54, 1.807) is 17.0 Å². The lowest BCUT2D eigenvalue weighted by atomic mass is 10.1. The number of hydrogen-bond acceptors (Lipinski definition) is 6. The molecule has 0 spiro atoms. The number of likely N-dealkylation sites (tertiary alicyclic amines) is 1. The second kappa shape index (κ2) is 8.75. The number of ether oxygens (including phenoxy) is 2. The fourth-order valence-corrected chi connectivity index (χ4v) is 2.79. The molecule has 1 amide bonds. The van der Waals surface area contributed by atoms with Gasteiger partial charge in [0, 0.05) is 26.1 Å². The second-order valence-corrected chi connectivity index (χ2v) is 6.06. The number of aromatic nitrogens is 2. The summed E-state index contributed by atoms with van der Waals surface area (Å²) < 4.78 is 28.9. The molecule has 0 bridgehead atoms. The van der Waals surface area contributed by atoms with Crippen LogP contribution in [-0.2, 0) is 16.0 Å². The van der Waals surface area contributed by atoms with E-state index in [1.807, 2.05) is 6.92 Å². The summed E-state index contributed by atoms with van der Waals surface area (Å²) in [5, 5.41) is 3.97. The number of carbonyl (C=O) groups is 1. The molecule has 1 saturated heterocycles. The van der Waals surface area contributed by atoms with Gasteiger partial charge in [-0.3, -0.25) is 4.79 Å². The fourth-order valence-electron chi connectivity index (χ4n) is 2.79. The van der Waals surface area contributed by atoms with Gasteiger partial charge in [-0.2, -0.15) is 4.98 Å². The largest absolute Gasteiger partial charge is 0.493 e. The summed E-state index contributed by atoms with van der Waals surface area (Å²) in [5.74, 6) is 1.44. The number of hydrogen-bond donors (Lipinski definition) is 0. The van der Waals surface area contributed by atoms with Crippen molar-refractivity contribution >= 4 is 5.91 Å². The summed E-state index contributed by atoms with van der Waals surface area (Å²) >= 11 is 0. The maximum atomic E-state index is 12.8. The first kappa shape index (κ1) is 18.3. The van der Waals surface area contributed by atoms with E-state index in [1.165, 1.54) is 12.1 Å². The van der Waals surface area contributed by atoms with Crippen molar-refractivity contribution in [2.24, 2.45) is 0 Å². The molecule has 1 aromatic carbocycles. The molecule has 2 aromatic rings. The van der Waals surface area contributed by atoms with E-state index in [-0.39, 0.29) is 24.2 Å². The lowest BCUT2D eigenvalue weighted by Crippen LogP contribution is -2.31. The summed E-state index contributed by atoms with van der Waals surface area (Å²) in [6.07, 6.45) is 1.28. The molecule has 0 aliphatic carbocycles. The van der Waals surface area contributed by atoms with Crippen molar-refractivity contribution in [3.05, 3.63) is 41.8 Å². The van der Waals surface area contributed by atoms with Gasteiger partial charge in [0.25, 0.3) is 0 Å². The minimum absolute atomic E-state index is 0.0122. The number of benzene rings is 1. The second-order valence-electron chi connectivity index (χ2n) is 6.06. The van der Waals surface area contributed by atoms with Crippen LogP contribution in [0.25, 0.3) is 0 Å². The first-order valence-corrected chi connectivity index (χ1v) is 8.72. The van der Waals surface area contributed by atoms with Gasteiger partial charge in [-0.05, 0) is 37.6 Å². The van der Waals surface area contributed by atoms with E-state index in [2.05, 4.69) is 10.1 Å². The van der Waals surface area contributed by atoms with Crippen molar-refractivity contribution < 1.29 is 23.2 Å². The molecule has 7 nitrogen and oxygen atoms in total. The number of rotatable bonds is 8. The maximum Gasteiger partial charge on any atom is 0.248 e. The highest BCUT2D eigenvalue weighted by molar-refractivity contribution is 5.77. The van der Waals surface area contributed by atoms with Crippen molar-refractivity contribution in [1.82, 2.24) is 15.0 Å². The zero-order valence-electron chi connectivity index (χ0n) is 14.7. The highest BCUT2D eigenvalue weighted by Gasteiger charge is 2.30. The Bertz CT molecular complexity index is 719. The van der Waals surface area contributed by atoms with Crippen molar-refractivity contribution in [2.45, 2.75) is 25.7 Å². The average Bonchev–Trinajstić information content (AvgIpc) is 3.30. The zero-order chi connectivity index (χ0) is 18.4. The van der Waals surface area contributed by atoms with Gasteiger partial charge in [-0.15, -0.1) is 0 Å². The molecule has 2 heterocycles. The van der Waals surface area contributed by atoms with E-state index in [4.69, 9.17) is 14.0 Å². The topological polar surface area (TPSA) is 77.7 Å². The molecule has 0 N–H and O–H groups in total. The standard InChI is InChI=1S/C18H22FN3O4/c1-2-24-12-17(23)22-9-7-13(11-22)18-20-16(21-26-18)8-10-25-15-5-3-14(19)4-6-15/h3-6,13H,2,7-12H2,1H3. The van der Waals surface area contributed by atoms with Crippen LogP contribution in [0.4, 0.5) is 4.39 Å². The number of amides is 1. The molecule has 1 aliphatic heterocycles. The van der Waals surface area contributed by atoms with Crippen LogP contribution in [0.2, 0.25) is 0 Å². The summed E-state index contributed by atoms with van der Waals surface area (Å²) in [6, 6.07) is 5.84. The molecular weight excluding hydrogens is 341 g/mol. The van der Waals surface area contributed by atoms with Gasteiger partial charge in [0.2, 0.25) is 11.8 Å². The highest BCUT2D eigenvalue weighted by atomic mass is 19.1. The Balaban J connectivity index is 1.46. The van der Waals surface area contributed by atoms with E-state index in [0.29, 0.717) is 50.2 Å². The molecule has 1 aromatic heterocycles. The smallest absolute Gasteiger partial charge is 0.248 e. The Morgan fingerprint density at radius 3 is 2.96 bits per heavy atom. The van der Waals surface area contributed by atoms with Crippen molar-refractivity contribution in [1.29, 1.82) is 0 Å². The minimum atomic E-state index is -0.300. The van der Waals surface area contributed by atoms with Gasteiger partial charge in [0.1, 0.15) is 18.2 Å².